The first-order chi connectivity index (χ1) is 11.5. The van der Waals surface area contributed by atoms with Crippen LogP contribution in [-0.4, -0.2) is 21.1 Å². The summed E-state index contributed by atoms with van der Waals surface area (Å²) in [5.74, 6) is -1.01. The van der Waals surface area contributed by atoms with Gasteiger partial charge in [-0.1, -0.05) is 24.3 Å². The van der Waals surface area contributed by atoms with Crippen molar-refractivity contribution in [2.24, 2.45) is 10.2 Å². The molecular weight excluding hydrogens is 374 g/mol. The zero-order valence-corrected chi connectivity index (χ0v) is 14.3. The van der Waals surface area contributed by atoms with E-state index in [0.717, 1.165) is 0 Å². The van der Waals surface area contributed by atoms with E-state index < -0.39 is 11.8 Å². The number of benzene rings is 2. The lowest BCUT2D eigenvalue weighted by molar-refractivity contribution is -0.119. The fourth-order valence-electron chi connectivity index (χ4n) is 2.34. The monoisotopic (exact) mass is 387 g/mol. The lowest BCUT2D eigenvalue weighted by atomic mass is 10.0. The van der Waals surface area contributed by atoms with E-state index in [4.69, 9.17) is 0 Å². The molecule has 0 aliphatic rings. The first kappa shape index (κ1) is 16.2. The molecule has 0 saturated carbocycles. The standard InChI is InChI=1S/C17H14BrN3O3/c1-9(10-6-7-14(22)12(18)8-10)16(23)21-20-15-11-4-2-3-5-13(11)19-17(15)24/h2-9,19,22,24H,1H3. The largest absolute Gasteiger partial charge is 0.507 e. The summed E-state index contributed by atoms with van der Waals surface area (Å²) in [6.45, 7) is 1.70. The molecule has 0 saturated heterocycles. The number of para-hydroxylation sites is 1. The predicted octanol–water partition coefficient (Wildman–Crippen LogP) is 4.76. The van der Waals surface area contributed by atoms with Crippen LogP contribution in [0.4, 0.5) is 5.69 Å². The number of aromatic hydroxyl groups is 2. The van der Waals surface area contributed by atoms with Gasteiger partial charge in [-0.05, 0) is 46.6 Å². The summed E-state index contributed by atoms with van der Waals surface area (Å²) in [6, 6.07) is 12.0. The second-order valence-electron chi connectivity index (χ2n) is 5.34. The number of rotatable bonds is 3. The smallest absolute Gasteiger partial charge is 0.271 e. The molecule has 6 nitrogen and oxygen atoms in total. The Morgan fingerprint density at radius 1 is 1.21 bits per heavy atom. The van der Waals surface area contributed by atoms with Crippen LogP contribution in [0.5, 0.6) is 11.6 Å². The highest BCUT2D eigenvalue weighted by atomic mass is 79.9. The van der Waals surface area contributed by atoms with Crippen molar-refractivity contribution in [2.45, 2.75) is 12.8 Å². The van der Waals surface area contributed by atoms with E-state index >= 15 is 0 Å². The summed E-state index contributed by atoms with van der Waals surface area (Å²) in [7, 11) is 0. The third kappa shape index (κ3) is 3.03. The summed E-state index contributed by atoms with van der Waals surface area (Å²) >= 11 is 3.22. The Bertz CT molecular complexity index is 949. The van der Waals surface area contributed by atoms with Crippen molar-refractivity contribution in [3.63, 3.8) is 0 Å². The number of carbonyl (C=O) groups is 1. The van der Waals surface area contributed by atoms with E-state index in [-0.39, 0.29) is 17.3 Å². The number of amides is 1. The number of carbonyl (C=O) groups excluding carboxylic acids is 1. The Balaban J connectivity index is 1.86. The van der Waals surface area contributed by atoms with Crippen LogP contribution in [0, 0.1) is 0 Å². The van der Waals surface area contributed by atoms with Crippen molar-refractivity contribution < 1.29 is 15.0 Å². The van der Waals surface area contributed by atoms with Crippen LogP contribution in [0.2, 0.25) is 0 Å². The van der Waals surface area contributed by atoms with Gasteiger partial charge in [-0.15, -0.1) is 10.2 Å². The van der Waals surface area contributed by atoms with Gasteiger partial charge in [-0.2, -0.15) is 0 Å². The van der Waals surface area contributed by atoms with E-state index in [0.29, 0.717) is 20.9 Å². The molecule has 0 aliphatic heterocycles. The van der Waals surface area contributed by atoms with Crippen LogP contribution in [0.25, 0.3) is 10.9 Å². The summed E-state index contributed by atoms with van der Waals surface area (Å²) < 4.78 is 0.505. The Kier molecular flexibility index (Phi) is 4.35. The van der Waals surface area contributed by atoms with Gasteiger partial charge in [-0.3, -0.25) is 4.79 Å². The molecule has 0 bridgehead atoms. The summed E-state index contributed by atoms with van der Waals surface area (Å²) in [5, 5.41) is 27.8. The third-order valence-electron chi connectivity index (χ3n) is 3.75. The van der Waals surface area contributed by atoms with Gasteiger partial charge in [0.25, 0.3) is 5.91 Å². The van der Waals surface area contributed by atoms with Gasteiger partial charge in [0.2, 0.25) is 5.88 Å². The molecule has 0 radical (unpaired) electrons. The SMILES string of the molecule is CC(C(=O)N=Nc1c(O)[nH]c2ccccc12)c1ccc(O)c(Br)c1. The number of aromatic nitrogens is 1. The van der Waals surface area contributed by atoms with E-state index in [1.807, 2.05) is 12.1 Å². The number of hydrogen-bond donors (Lipinski definition) is 3. The fourth-order valence-corrected chi connectivity index (χ4v) is 2.73. The zero-order valence-electron chi connectivity index (χ0n) is 12.7. The number of phenolic OH excluding ortho intramolecular Hbond substituents is 1. The van der Waals surface area contributed by atoms with Crippen LogP contribution in [0.3, 0.4) is 0 Å². The summed E-state index contributed by atoms with van der Waals surface area (Å²) in [5.41, 5.74) is 1.65. The van der Waals surface area contributed by atoms with Gasteiger partial charge in [0.05, 0.1) is 15.9 Å². The maximum Gasteiger partial charge on any atom is 0.271 e. The lowest BCUT2D eigenvalue weighted by Crippen LogP contribution is -2.05. The second-order valence-corrected chi connectivity index (χ2v) is 6.19. The van der Waals surface area contributed by atoms with Crippen molar-refractivity contribution in [3.8, 4) is 11.6 Å². The third-order valence-corrected chi connectivity index (χ3v) is 4.39. The zero-order chi connectivity index (χ0) is 17.3. The minimum Gasteiger partial charge on any atom is -0.507 e. The predicted molar refractivity (Wildman–Crippen MR) is 93.7 cm³/mol. The van der Waals surface area contributed by atoms with Crippen LogP contribution in [0.1, 0.15) is 18.4 Å². The molecular formula is C17H14BrN3O3. The van der Waals surface area contributed by atoms with Gasteiger partial charge in [0.1, 0.15) is 5.75 Å². The molecule has 0 aliphatic carbocycles. The lowest BCUT2D eigenvalue weighted by Gasteiger charge is -2.08. The van der Waals surface area contributed by atoms with Crippen molar-refractivity contribution in [2.75, 3.05) is 0 Å². The van der Waals surface area contributed by atoms with Crippen molar-refractivity contribution >= 4 is 38.4 Å². The molecule has 1 unspecified atom stereocenters. The molecule has 0 fully saturated rings. The first-order valence-corrected chi connectivity index (χ1v) is 8.00. The minimum atomic E-state index is -0.530. The number of nitrogens with zero attached hydrogens (tertiary/aromatic N) is 2. The number of fused-ring (bicyclic) bond motifs is 1. The van der Waals surface area contributed by atoms with Gasteiger partial charge in [-0.25, -0.2) is 0 Å². The molecule has 122 valence electrons. The van der Waals surface area contributed by atoms with Gasteiger partial charge >= 0.3 is 0 Å². The average Bonchev–Trinajstić information content (AvgIpc) is 2.89. The maximum atomic E-state index is 12.3. The van der Waals surface area contributed by atoms with Crippen LogP contribution in [-0.2, 0) is 4.79 Å². The van der Waals surface area contributed by atoms with Gasteiger partial charge in [0, 0.05) is 5.39 Å². The highest BCUT2D eigenvalue weighted by Crippen LogP contribution is 2.35. The Morgan fingerprint density at radius 2 is 1.96 bits per heavy atom. The number of halogens is 1. The first-order valence-electron chi connectivity index (χ1n) is 7.21. The quantitative estimate of drug-likeness (QED) is 0.565. The normalized spacial score (nSPS) is 12.8. The Hall–Kier alpha value is -2.67. The Morgan fingerprint density at radius 3 is 2.71 bits per heavy atom. The van der Waals surface area contributed by atoms with Crippen LogP contribution >= 0.6 is 15.9 Å². The number of hydrogen-bond acceptors (Lipinski definition) is 4. The van der Waals surface area contributed by atoms with Crippen LogP contribution in [0.15, 0.2) is 57.2 Å². The van der Waals surface area contributed by atoms with Crippen LogP contribution < -0.4 is 0 Å². The van der Waals surface area contributed by atoms with Crippen molar-refractivity contribution in [1.29, 1.82) is 0 Å². The molecule has 3 rings (SSSR count). The molecule has 1 heterocycles. The average molecular weight is 388 g/mol. The molecule has 2 aromatic carbocycles. The summed E-state index contributed by atoms with van der Waals surface area (Å²) in [6.07, 6.45) is 0. The molecule has 0 spiro atoms. The second kappa shape index (κ2) is 6.45. The minimum absolute atomic E-state index is 0.101. The topological polar surface area (TPSA) is 98.0 Å². The van der Waals surface area contributed by atoms with Gasteiger partial charge in [0.15, 0.2) is 5.69 Å². The maximum absolute atomic E-state index is 12.3. The number of azo groups is 1. The molecule has 3 aromatic rings. The molecule has 1 aromatic heterocycles. The van der Waals surface area contributed by atoms with Crippen molar-refractivity contribution in [1.82, 2.24) is 4.98 Å². The Labute approximate surface area is 146 Å². The van der Waals surface area contributed by atoms with E-state index in [1.54, 1.807) is 31.2 Å². The van der Waals surface area contributed by atoms with E-state index in [9.17, 15) is 15.0 Å². The fraction of sp³-hybridized carbons (Fsp3) is 0.118. The number of H-pyrrole nitrogens is 1. The summed E-state index contributed by atoms with van der Waals surface area (Å²) in [4.78, 5) is 15.0. The molecule has 1 atom stereocenters. The highest BCUT2D eigenvalue weighted by Gasteiger charge is 2.17. The number of nitrogens with one attached hydrogen (secondary N) is 1. The molecule has 7 heteroatoms. The number of aromatic amines is 1. The molecule has 1 amide bonds. The van der Waals surface area contributed by atoms with E-state index in [2.05, 4.69) is 31.1 Å². The molecule has 24 heavy (non-hydrogen) atoms. The van der Waals surface area contributed by atoms with E-state index in [1.165, 1.54) is 6.07 Å². The molecule has 3 N–H and O–H groups in total. The number of phenols is 1. The van der Waals surface area contributed by atoms with Crippen molar-refractivity contribution in [3.05, 3.63) is 52.5 Å². The van der Waals surface area contributed by atoms with Gasteiger partial charge < -0.3 is 15.2 Å². The highest BCUT2D eigenvalue weighted by molar-refractivity contribution is 9.10.